The molecule has 1 atom stereocenters. The third kappa shape index (κ3) is 5.85. The summed E-state index contributed by atoms with van der Waals surface area (Å²) in [4.78, 5) is 24.2. The van der Waals surface area contributed by atoms with E-state index in [1.807, 2.05) is 67.6 Å². The predicted octanol–water partition coefficient (Wildman–Crippen LogP) is 3.66. The van der Waals surface area contributed by atoms with E-state index in [1.165, 1.54) is 0 Å². The molecule has 154 valence electrons. The largest absolute Gasteiger partial charge is 0.483 e. The maximum atomic E-state index is 12.1. The Morgan fingerprint density at radius 2 is 1.53 bits per heavy atom. The van der Waals surface area contributed by atoms with Crippen molar-refractivity contribution >= 4 is 11.8 Å². The lowest BCUT2D eigenvalue weighted by atomic mass is 10.1. The standard InChI is InChI=1S/C24H24N2O4/c1-17-12-14-20(15-13-17)30-18(2)24(28)26-25-23(27)16-29-22-11-7-6-10-21(22)19-8-4-3-5-9-19/h3-15,18H,16H2,1-2H3,(H,25,27)(H,26,28). The van der Waals surface area contributed by atoms with Gasteiger partial charge in [0.1, 0.15) is 11.5 Å². The lowest BCUT2D eigenvalue weighted by Gasteiger charge is -2.16. The van der Waals surface area contributed by atoms with Gasteiger partial charge in [-0.05, 0) is 37.6 Å². The fourth-order valence-electron chi connectivity index (χ4n) is 2.74. The first-order valence-corrected chi connectivity index (χ1v) is 9.62. The fraction of sp³-hybridized carbons (Fsp3) is 0.167. The highest BCUT2D eigenvalue weighted by Crippen LogP contribution is 2.29. The smallest absolute Gasteiger partial charge is 0.279 e. The Labute approximate surface area is 175 Å². The van der Waals surface area contributed by atoms with E-state index in [-0.39, 0.29) is 6.61 Å². The Morgan fingerprint density at radius 1 is 0.867 bits per heavy atom. The number of para-hydroxylation sites is 1. The normalized spacial score (nSPS) is 11.3. The number of amides is 2. The molecule has 3 aromatic carbocycles. The fourth-order valence-corrected chi connectivity index (χ4v) is 2.74. The summed E-state index contributed by atoms with van der Waals surface area (Å²) in [6, 6.07) is 24.6. The first kappa shape index (κ1) is 20.9. The summed E-state index contributed by atoms with van der Waals surface area (Å²) in [5, 5.41) is 0. The molecule has 0 saturated carbocycles. The Hall–Kier alpha value is -3.80. The van der Waals surface area contributed by atoms with Gasteiger partial charge < -0.3 is 9.47 Å². The summed E-state index contributed by atoms with van der Waals surface area (Å²) in [5.41, 5.74) is 7.67. The minimum Gasteiger partial charge on any atom is -0.483 e. The van der Waals surface area contributed by atoms with Crippen LogP contribution in [0.2, 0.25) is 0 Å². The number of ether oxygens (including phenoxy) is 2. The number of hydrogen-bond donors (Lipinski definition) is 2. The van der Waals surface area contributed by atoms with E-state index in [0.29, 0.717) is 11.5 Å². The summed E-state index contributed by atoms with van der Waals surface area (Å²) in [7, 11) is 0. The highest BCUT2D eigenvalue weighted by Gasteiger charge is 2.16. The molecule has 2 amide bonds. The van der Waals surface area contributed by atoms with Gasteiger partial charge >= 0.3 is 0 Å². The van der Waals surface area contributed by atoms with Crippen molar-refractivity contribution in [2.45, 2.75) is 20.0 Å². The molecule has 6 nitrogen and oxygen atoms in total. The summed E-state index contributed by atoms with van der Waals surface area (Å²) in [5.74, 6) is 0.221. The predicted molar refractivity (Wildman–Crippen MR) is 115 cm³/mol. The van der Waals surface area contributed by atoms with Crippen molar-refractivity contribution < 1.29 is 19.1 Å². The zero-order valence-corrected chi connectivity index (χ0v) is 16.9. The van der Waals surface area contributed by atoms with Crippen LogP contribution in [0.4, 0.5) is 0 Å². The third-order valence-corrected chi connectivity index (χ3v) is 4.36. The van der Waals surface area contributed by atoms with Gasteiger partial charge in [-0.2, -0.15) is 0 Å². The van der Waals surface area contributed by atoms with E-state index in [1.54, 1.807) is 25.1 Å². The van der Waals surface area contributed by atoms with Crippen LogP contribution in [0.1, 0.15) is 12.5 Å². The van der Waals surface area contributed by atoms with Gasteiger partial charge in [-0.1, -0.05) is 66.2 Å². The Kier molecular flexibility index (Phi) is 7.05. The quantitative estimate of drug-likeness (QED) is 0.590. The van der Waals surface area contributed by atoms with Gasteiger partial charge in [0.2, 0.25) is 0 Å². The zero-order valence-electron chi connectivity index (χ0n) is 16.9. The highest BCUT2D eigenvalue weighted by molar-refractivity contribution is 5.85. The molecule has 1 unspecified atom stereocenters. The van der Waals surface area contributed by atoms with Crippen LogP contribution in [0, 0.1) is 6.92 Å². The number of carbonyl (C=O) groups excluding carboxylic acids is 2. The summed E-state index contributed by atoms with van der Waals surface area (Å²) >= 11 is 0. The molecule has 0 saturated heterocycles. The van der Waals surface area contributed by atoms with Crippen LogP contribution in [-0.4, -0.2) is 24.5 Å². The van der Waals surface area contributed by atoms with Gasteiger partial charge in [-0.15, -0.1) is 0 Å². The molecule has 3 aromatic rings. The molecule has 3 rings (SSSR count). The van der Waals surface area contributed by atoms with Gasteiger partial charge in [-0.3, -0.25) is 20.4 Å². The van der Waals surface area contributed by atoms with Crippen LogP contribution in [-0.2, 0) is 9.59 Å². The van der Waals surface area contributed by atoms with Gasteiger partial charge in [0.15, 0.2) is 12.7 Å². The number of nitrogens with one attached hydrogen (secondary N) is 2. The van der Waals surface area contributed by atoms with Crippen molar-refractivity contribution in [2.24, 2.45) is 0 Å². The zero-order chi connectivity index (χ0) is 21.3. The van der Waals surface area contributed by atoms with Crippen molar-refractivity contribution in [1.29, 1.82) is 0 Å². The number of aryl methyl sites for hydroxylation is 1. The van der Waals surface area contributed by atoms with Crippen molar-refractivity contribution in [3.63, 3.8) is 0 Å². The second-order valence-corrected chi connectivity index (χ2v) is 6.76. The van der Waals surface area contributed by atoms with E-state index < -0.39 is 17.9 Å². The third-order valence-electron chi connectivity index (χ3n) is 4.36. The van der Waals surface area contributed by atoms with Crippen LogP contribution in [0.3, 0.4) is 0 Å². The van der Waals surface area contributed by atoms with Gasteiger partial charge in [0, 0.05) is 5.56 Å². The van der Waals surface area contributed by atoms with Gasteiger partial charge in [0.25, 0.3) is 11.8 Å². The molecule has 6 heteroatoms. The molecule has 2 N–H and O–H groups in total. The Balaban J connectivity index is 1.48. The van der Waals surface area contributed by atoms with Crippen LogP contribution < -0.4 is 20.3 Å². The number of carbonyl (C=O) groups is 2. The number of benzene rings is 3. The number of hydrazine groups is 1. The number of hydrogen-bond acceptors (Lipinski definition) is 4. The minimum absolute atomic E-state index is 0.239. The average Bonchev–Trinajstić information content (AvgIpc) is 2.78. The lowest BCUT2D eigenvalue weighted by Crippen LogP contribution is -2.48. The van der Waals surface area contributed by atoms with Crippen LogP contribution in [0.5, 0.6) is 11.5 Å². The first-order chi connectivity index (χ1) is 14.5. The topological polar surface area (TPSA) is 76.7 Å². The van der Waals surface area contributed by atoms with Crippen molar-refractivity contribution in [3.05, 3.63) is 84.4 Å². The Morgan fingerprint density at radius 3 is 2.27 bits per heavy atom. The highest BCUT2D eigenvalue weighted by atomic mass is 16.5. The van der Waals surface area contributed by atoms with Crippen molar-refractivity contribution in [2.75, 3.05) is 6.61 Å². The van der Waals surface area contributed by atoms with Gasteiger partial charge in [0.05, 0.1) is 0 Å². The SMILES string of the molecule is Cc1ccc(OC(C)C(=O)NNC(=O)COc2ccccc2-c2ccccc2)cc1. The molecule has 0 heterocycles. The van der Waals surface area contributed by atoms with Gasteiger partial charge in [-0.25, -0.2) is 0 Å². The van der Waals surface area contributed by atoms with E-state index in [9.17, 15) is 9.59 Å². The molecule has 0 radical (unpaired) electrons. The van der Waals surface area contributed by atoms with Crippen LogP contribution in [0.25, 0.3) is 11.1 Å². The lowest BCUT2D eigenvalue weighted by molar-refractivity contribution is -0.133. The van der Waals surface area contributed by atoms with Crippen molar-refractivity contribution in [3.8, 4) is 22.6 Å². The van der Waals surface area contributed by atoms with E-state index >= 15 is 0 Å². The maximum absolute atomic E-state index is 12.1. The van der Waals surface area contributed by atoms with E-state index in [0.717, 1.165) is 16.7 Å². The molecule has 0 spiro atoms. The second kappa shape index (κ2) is 10.1. The molecule has 0 fully saturated rings. The van der Waals surface area contributed by atoms with E-state index in [4.69, 9.17) is 9.47 Å². The summed E-state index contributed by atoms with van der Waals surface area (Å²) in [6.07, 6.45) is -0.771. The molecule has 0 aliphatic carbocycles. The Bertz CT molecular complexity index is 988. The van der Waals surface area contributed by atoms with Crippen molar-refractivity contribution in [1.82, 2.24) is 10.9 Å². The monoisotopic (exact) mass is 404 g/mol. The van der Waals surface area contributed by atoms with E-state index in [2.05, 4.69) is 10.9 Å². The molecule has 0 aliphatic heterocycles. The summed E-state index contributed by atoms with van der Waals surface area (Å²) in [6.45, 7) is 3.33. The summed E-state index contributed by atoms with van der Waals surface area (Å²) < 4.78 is 11.2. The molecule has 30 heavy (non-hydrogen) atoms. The minimum atomic E-state index is -0.771. The average molecular weight is 404 g/mol. The van der Waals surface area contributed by atoms with Crippen LogP contribution >= 0.6 is 0 Å². The maximum Gasteiger partial charge on any atom is 0.279 e. The second-order valence-electron chi connectivity index (χ2n) is 6.76. The molecule has 0 bridgehead atoms. The molecular formula is C24H24N2O4. The molecule has 0 aliphatic rings. The first-order valence-electron chi connectivity index (χ1n) is 9.62. The molecule has 0 aromatic heterocycles. The van der Waals surface area contributed by atoms with Crippen LogP contribution in [0.15, 0.2) is 78.9 Å². The molecular weight excluding hydrogens is 380 g/mol. The number of rotatable bonds is 7.